The van der Waals surface area contributed by atoms with Gasteiger partial charge in [-0.05, 0) is 42.9 Å². The zero-order chi connectivity index (χ0) is 21.6. The fourth-order valence-corrected chi connectivity index (χ4v) is 5.18. The van der Waals surface area contributed by atoms with Gasteiger partial charge in [0, 0.05) is 17.5 Å². The van der Waals surface area contributed by atoms with Crippen LogP contribution in [0.4, 0.5) is 15.6 Å². The van der Waals surface area contributed by atoms with E-state index in [4.69, 9.17) is 16.6 Å². The Bertz CT molecular complexity index is 1010. The molecule has 1 aliphatic carbocycles. The molecule has 2 aromatic carbocycles. The minimum atomic E-state index is -0.219. The van der Waals surface area contributed by atoms with Gasteiger partial charge in [-0.1, -0.05) is 74.2 Å². The van der Waals surface area contributed by atoms with Gasteiger partial charge < -0.3 is 5.32 Å². The van der Waals surface area contributed by atoms with E-state index in [1.165, 1.54) is 49.0 Å². The van der Waals surface area contributed by atoms with E-state index in [0.717, 1.165) is 17.7 Å². The molecule has 3 aromatic rings. The lowest BCUT2D eigenvalue weighted by atomic mass is 9.84. The van der Waals surface area contributed by atoms with E-state index >= 15 is 0 Å². The topological polar surface area (TPSA) is 45.2 Å². The molecule has 0 radical (unpaired) electrons. The monoisotopic (exact) mass is 453 g/mol. The van der Waals surface area contributed by atoms with Gasteiger partial charge in [-0.3, -0.25) is 4.90 Å². The molecule has 6 heteroatoms. The first-order valence-corrected chi connectivity index (χ1v) is 12.3. The Balaban J connectivity index is 1.49. The molecule has 1 aliphatic rings. The van der Waals surface area contributed by atoms with Crippen molar-refractivity contribution in [2.45, 2.75) is 51.4 Å². The van der Waals surface area contributed by atoms with Crippen molar-refractivity contribution in [3.8, 4) is 11.3 Å². The van der Waals surface area contributed by atoms with E-state index in [-0.39, 0.29) is 6.03 Å². The Morgan fingerprint density at radius 2 is 1.87 bits per heavy atom. The van der Waals surface area contributed by atoms with Crippen LogP contribution in [0.25, 0.3) is 11.3 Å². The van der Waals surface area contributed by atoms with Gasteiger partial charge in [0.2, 0.25) is 0 Å². The summed E-state index contributed by atoms with van der Waals surface area (Å²) in [5.41, 5.74) is 4.03. The molecule has 162 valence electrons. The van der Waals surface area contributed by atoms with Gasteiger partial charge in [0.05, 0.1) is 16.4 Å². The van der Waals surface area contributed by atoms with Crippen molar-refractivity contribution in [1.29, 1.82) is 0 Å². The van der Waals surface area contributed by atoms with Crippen LogP contribution in [0, 0.1) is 0 Å². The minimum absolute atomic E-state index is 0.219. The molecule has 4 nitrogen and oxygen atoms in total. The van der Waals surface area contributed by atoms with Crippen molar-refractivity contribution in [1.82, 2.24) is 4.98 Å². The summed E-state index contributed by atoms with van der Waals surface area (Å²) in [6, 6.07) is 15.9. The van der Waals surface area contributed by atoms with Gasteiger partial charge in [0.15, 0.2) is 5.13 Å². The Morgan fingerprint density at radius 1 is 1.13 bits per heavy atom. The van der Waals surface area contributed by atoms with Crippen LogP contribution < -0.4 is 10.2 Å². The lowest BCUT2D eigenvalue weighted by Gasteiger charge is -2.22. The predicted octanol–water partition coefficient (Wildman–Crippen LogP) is 7.96. The molecule has 1 saturated carbocycles. The zero-order valence-corrected chi connectivity index (χ0v) is 19.4. The van der Waals surface area contributed by atoms with Gasteiger partial charge in [0.1, 0.15) is 0 Å². The van der Waals surface area contributed by atoms with E-state index in [1.54, 1.807) is 17.0 Å². The molecule has 0 spiro atoms. The highest BCUT2D eigenvalue weighted by molar-refractivity contribution is 7.14. The first-order chi connectivity index (χ1) is 15.2. The van der Waals surface area contributed by atoms with Crippen LogP contribution in [0.2, 0.25) is 5.02 Å². The number of carbonyl (C=O) groups is 1. The number of urea groups is 1. The highest BCUT2D eigenvalue weighted by Crippen LogP contribution is 2.34. The molecule has 0 bridgehead atoms. The third-order valence-corrected chi connectivity index (χ3v) is 7.01. The highest BCUT2D eigenvalue weighted by atomic mass is 35.5. The quantitative estimate of drug-likeness (QED) is 0.411. The van der Waals surface area contributed by atoms with Crippen molar-refractivity contribution in [3.63, 3.8) is 0 Å². The number of thiazole rings is 1. The molecule has 0 saturated heterocycles. The smallest absolute Gasteiger partial charge is 0.306 e. The molecule has 0 atom stereocenters. The standard InChI is InChI=1S/C25H28ClN3OS/c1-2-16-29(24(30)27-22-11-7-6-10-21(22)26)25-28-23(17-31-25)20-14-12-19(13-15-20)18-8-4-3-5-9-18/h6-7,10-15,17-18H,2-5,8-9,16H2,1H3,(H,27,30). The van der Waals surface area contributed by atoms with Crippen LogP contribution >= 0.6 is 22.9 Å². The summed E-state index contributed by atoms with van der Waals surface area (Å²) in [7, 11) is 0. The van der Waals surface area contributed by atoms with Crippen molar-refractivity contribution < 1.29 is 4.79 Å². The van der Waals surface area contributed by atoms with Crippen molar-refractivity contribution in [3.05, 3.63) is 64.5 Å². The number of amides is 2. The number of benzene rings is 2. The number of nitrogens with one attached hydrogen (secondary N) is 1. The SMILES string of the molecule is CCCN(C(=O)Nc1ccccc1Cl)c1nc(-c2ccc(C3CCCCC3)cc2)cs1. The second-order valence-electron chi connectivity index (χ2n) is 8.03. The largest absolute Gasteiger partial charge is 0.328 e. The Hall–Kier alpha value is -2.37. The number of hydrogen-bond donors (Lipinski definition) is 1. The molecule has 2 amide bonds. The van der Waals surface area contributed by atoms with Crippen molar-refractivity contribution in [2.24, 2.45) is 0 Å². The second kappa shape index (κ2) is 10.3. The maximum Gasteiger partial charge on any atom is 0.328 e. The van der Waals surface area contributed by atoms with Gasteiger partial charge in [0.25, 0.3) is 0 Å². The van der Waals surface area contributed by atoms with E-state index in [9.17, 15) is 4.79 Å². The molecule has 31 heavy (non-hydrogen) atoms. The maximum absolute atomic E-state index is 12.9. The van der Waals surface area contributed by atoms with Crippen LogP contribution in [0.15, 0.2) is 53.9 Å². The number of rotatable bonds is 6. The van der Waals surface area contributed by atoms with E-state index in [0.29, 0.717) is 28.3 Å². The fraction of sp³-hybridized carbons (Fsp3) is 0.360. The third-order valence-electron chi connectivity index (χ3n) is 5.81. The molecule has 1 fully saturated rings. The van der Waals surface area contributed by atoms with Crippen molar-refractivity contribution >= 4 is 39.8 Å². The number of para-hydroxylation sites is 1. The number of hydrogen-bond acceptors (Lipinski definition) is 3. The fourth-order valence-electron chi connectivity index (χ4n) is 4.14. The molecule has 1 aromatic heterocycles. The summed E-state index contributed by atoms with van der Waals surface area (Å²) in [6.45, 7) is 2.64. The van der Waals surface area contributed by atoms with Crippen LogP contribution in [0.1, 0.15) is 56.9 Å². The van der Waals surface area contributed by atoms with Crippen LogP contribution in [0.3, 0.4) is 0 Å². The zero-order valence-electron chi connectivity index (χ0n) is 17.8. The molecule has 1 heterocycles. The molecule has 1 N–H and O–H groups in total. The molecule has 0 unspecified atom stereocenters. The summed E-state index contributed by atoms with van der Waals surface area (Å²) < 4.78 is 0. The van der Waals surface area contributed by atoms with Gasteiger partial charge in [-0.2, -0.15) is 0 Å². The van der Waals surface area contributed by atoms with Crippen molar-refractivity contribution in [2.75, 3.05) is 16.8 Å². The van der Waals surface area contributed by atoms with Gasteiger partial charge in [-0.25, -0.2) is 9.78 Å². The summed E-state index contributed by atoms with van der Waals surface area (Å²) in [6.07, 6.45) is 7.48. The van der Waals surface area contributed by atoms with Crippen LogP contribution in [-0.4, -0.2) is 17.6 Å². The molecular weight excluding hydrogens is 426 g/mol. The summed E-state index contributed by atoms with van der Waals surface area (Å²) >= 11 is 7.69. The predicted molar refractivity (Wildman–Crippen MR) is 131 cm³/mol. The van der Waals surface area contributed by atoms with E-state index in [1.807, 2.05) is 24.4 Å². The van der Waals surface area contributed by atoms with E-state index in [2.05, 4.69) is 29.6 Å². The number of carbonyl (C=O) groups excluding carboxylic acids is 1. The van der Waals surface area contributed by atoms with Gasteiger partial charge in [-0.15, -0.1) is 11.3 Å². The first-order valence-electron chi connectivity index (χ1n) is 11.0. The molecular formula is C25H28ClN3OS. The van der Waals surface area contributed by atoms with E-state index < -0.39 is 0 Å². The Kier molecular flexibility index (Phi) is 7.25. The number of anilines is 2. The average molecular weight is 454 g/mol. The molecule has 0 aliphatic heterocycles. The first kappa shape index (κ1) is 21.8. The second-order valence-corrected chi connectivity index (χ2v) is 9.28. The highest BCUT2D eigenvalue weighted by Gasteiger charge is 2.20. The lowest BCUT2D eigenvalue weighted by Crippen LogP contribution is -2.35. The average Bonchev–Trinajstić information content (AvgIpc) is 3.29. The Labute approximate surface area is 193 Å². The normalized spacial score (nSPS) is 14.4. The number of aromatic nitrogens is 1. The Morgan fingerprint density at radius 3 is 2.58 bits per heavy atom. The summed E-state index contributed by atoms with van der Waals surface area (Å²) in [5, 5.41) is 6.14. The lowest BCUT2D eigenvalue weighted by molar-refractivity contribution is 0.257. The van der Waals surface area contributed by atoms with Gasteiger partial charge >= 0.3 is 6.03 Å². The summed E-state index contributed by atoms with van der Waals surface area (Å²) in [5.74, 6) is 0.697. The molecule has 4 rings (SSSR count). The third kappa shape index (κ3) is 5.28. The minimum Gasteiger partial charge on any atom is -0.306 e. The number of halogens is 1. The van der Waals surface area contributed by atoms with Crippen LogP contribution in [0.5, 0.6) is 0 Å². The number of nitrogens with zero attached hydrogens (tertiary/aromatic N) is 2. The van der Waals surface area contributed by atoms with Crippen LogP contribution in [-0.2, 0) is 0 Å². The summed E-state index contributed by atoms with van der Waals surface area (Å²) in [4.78, 5) is 19.4. The maximum atomic E-state index is 12.9.